The molecular weight excluding hydrogens is 342 g/mol. The summed E-state index contributed by atoms with van der Waals surface area (Å²) in [6.07, 6.45) is 0.881. The van der Waals surface area contributed by atoms with Crippen LogP contribution in [0.15, 0.2) is 24.3 Å². The predicted octanol–water partition coefficient (Wildman–Crippen LogP) is 2.08. The lowest BCUT2D eigenvalue weighted by Crippen LogP contribution is -2.53. The monoisotopic (exact) mass is 371 g/mol. The molecule has 1 heterocycles. The highest BCUT2D eigenvalue weighted by Gasteiger charge is 2.26. The highest BCUT2D eigenvalue weighted by Crippen LogP contribution is 2.21. The minimum Gasteiger partial charge on any atom is -0.369 e. The van der Waals surface area contributed by atoms with Crippen molar-refractivity contribution in [3.05, 3.63) is 29.8 Å². The molecule has 27 heavy (non-hydrogen) atoms. The summed E-state index contributed by atoms with van der Waals surface area (Å²) in [5.74, 6) is -0.303. The Morgan fingerprint density at radius 3 is 2.52 bits per heavy atom. The van der Waals surface area contributed by atoms with E-state index in [0.717, 1.165) is 31.7 Å². The molecule has 0 aliphatic carbocycles. The summed E-state index contributed by atoms with van der Waals surface area (Å²) in [5.41, 5.74) is 1.20. The van der Waals surface area contributed by atoms with Gasteiger partial charge in [0.25, 0.3) is 0 Å². The van der Waals surface area contributed by atoms with E-state index in [1.807, 2.05) is 52.0 Å². The van der Waals surface area contributed by atoms with Gasteiger partial charge in [0.2, 0.25) is 5.91 Å². The maximum absolute atomic E-state index is 12.4. The maximum Gasteiger partial charge on any atom is 0.321 e. The molecule has 1 aliphatic heterocycles. The number of nitrogens with zero attached hydrogens (tertiary/aromatic N) is 3. The van der Waals surface area contributed by atoms with E-state index < -0.39 is 17.6 Å². The Morgan fingerprint density at radius 2 is 1.85 bits per heavy atom. The number of hydrogen-bond donors (Lipinski definition) is 2. The number of urea groups is 1. The fourth-order valence-electron chi connectivity index (χ4n) is 3.16. The van der Waals surface area contributed by atoms with Crippen molar-refractivity contribution >= 4 is 17.6 Å². The number of nitriles is 1. The second kappa shape index (κ2) is 8.87. The second-order valence-corrected chi connectivity index (χ2v) is 7.87. The molecule has 1 aromatic carbocycles. The number of para-hydroxylation sites is 1. The molecule has 1 aromatic rings. The van der Waals surface area contributed by atoms with E-state index in [2.05, 4.69) is 26.5 Å². The van der Waals surface area contributed by atoms with E-state index in [4.69, 9.17) is 0 Å². The molecule has 1 atom stereocenters. The highest BCUT2D eigenvalue weighted by atomic mass is 16.2. The molecule has 0 radical (unpaired) electrons. The number of benzene rings is 1. The minimum atomic E-state index is -0.473. The molecular formula is C20H29N5O2. The molecule has 0 saturated carbocycles. The molecule has 1 fully saturated rings. The van der Waals surface area contributed by atoms with Crippen LogP contribution in [0.3, 0.4) is 0 Å². The van der Waals surface area contributed by atoms with Crippen molar-refractivity contribution in [2.24, 2.45) is 0 Å². The van der Waals surface area contributed by atoms with Gasteiger partial charge in [-0.15, -0.1) is 0 Å². The summed E-state index contributed by atoms with van der Waals surface area (Å²) in [5, 5.41) is 14.5. The van der Waals surface area contributed by atoms with Gasteiger partial charge in [-0.25, -0.2) is 4.79 Å². The van der Waals surface area contributed by atoms with Crippen LogP contribution in [0.5, 0.6) is 0 Å². The van der Waals surface area contributed by atoms with Crippen molar-refractivity contribution < 1.29 is 9.59 Å². The molecule has 1 aliphatic rings. The molecule has 2 rings (SSSR count). The van der Waals surface area contributed by atoms with E-state index in [1.54, 1.807) is 0 Å². The van der Waals surface area contributed by atoms with Crippen LogP contribution in [0.25, 0.3) is 0 Å². The summed E-state index contributed by atoms with van der Waals surface area (Å²) in [6, 6.07) is 8.94. The molecule has 0 aromatic heterocycles. The van der Waals surface area contributed by atoms with Crippen molar-refractivity contribution in [1.29, 1.82) is 5.26 Å². The van der Waals surface area contributed by atoms with Crippen LogP contribution in [0, 0.1) is 11.3 Å². The Kier molecular flexibility index (Phi) is 6.81. The molecule has 7 nitrogen and oxygen atoms in total. The zero-order valence-corrected chi connectivity index (χ0v) is 16.6. The first-order chi connectivity index (χ1) is 12.7. The molecule has 0 spiro atoms. The Hall–Kier alpha value is -2.59. The first kappa shape index (κ1) is 20.7. The van der Waals surface area contributed by atoms with Crippen LogP contribution in [-0.2, 0) is 4.79 Å². The Morgan fingerprint density at radius 1 is 1.15 bits per heavy atom. The van der Waals surface area contributed by atoms with Crippen LogP contribution < -0.4 is 15.5 Å². The average molecular weight is 371 g/mol. The van der Waals surface area contributed by atoms with E-state index >= 15 is 0 Å². The zero-order valence-electron chi connectivity index (χ0n) is 16.6. The summed E-state index contributed by atoms with van der Waals surface area (Å²) in [6.45, 7) is 10.4. The summed E-state index contributed by atoms with van der Waals surface area (Å²) >= 11 is 0. The number of hydrogen-bond acceptors (Lipinski definition) is 5. The number of imide groups is 1. The third-order valence-electron chi connectivity index (χ3n) is 4.55. The van der Waals surface area contributed by atoms with E-state index in [0.29, 0.717) is 12.1 Å². The van der Waals surface area contributed by atoms with Crippen molar-refractivity contribution in [3.63, 3.8) is 0 Å². The van der Waals surface area contributed by atoms with Gasteiger partial charge in [0.05, 0.1) is 17.3 Å². The molecule has 0 bridgehead atoms. The molecule has 7 heteroatoms. The van der Waals surface area contributed by atoms with Crippen molar-refractivity contribution in [3.8, 4) is 6.07 Å². The molecule has 1 saturated heterocycles. The van der Waals surface area contributed by atoms with Crippen LogP contribution in [0.4, 0.5) is 10.5 Å². The van der Waals surface area contributed by atoms with Crippen LogP contribution in [0.2, 0.25) is 0 Å². The summed E-state index contributed by atoms with van der Waals surface area (Å²) < 4.78 is 0. The van der Waals surface area contributed by atoms with Crippen molar-refractivity contribution in [1.82, 2.24) is 15.5 Å². The van der Waals surface area contributed by atoms with E-state index in [-0.39, 0.29) is 5.91 Å². The molecule has 0 unspecified atom stereocenters. The van der Waals surface area contributed by atoms with Gasteiger partial charge in [0.15, 0.2) is 0 Å². The molecule has 2 N–H and O–H groups in total. The van der Waals surface area contributed by atoms with Gasteiger partial charge >= 0.3 is 6.03 Å². The lowest BCUT2D eigenvalue weighted by atomic mass is 10.1. The third-order valence-corrected chi connectivity index (χ3v) is 4.55. The lowest BCUT2D eigenvalue weighted by molar-refractivity contribution is -0.124. The Balaban J connectivity index is 1.96. The van der Waals surface area contributed by atoms with E-state index in [1.165, 1.54) is 0 Å². The van der Waals surface area contributed by atoms with Crippen LogP contribution in [-0.4, -0.2) is 54.6 Å². The smallest absolute Gasteiger partial charge is 0.321 e. The quantitative estimate of drug-likeness (QED) is 0.849. The summed E-state index contributed by atoms with van der Waals surface area (Å²) in [4.78, 5) is 28.6. The SMILES string of the molecule is C[C@@H](C(=O)NC(=O)NC(C)(C)C)N1CCCN(c2ccccc2C#N)CC1. The van der Waals surface area contributed by atoms with E-state index in [9.17, 15) is 14.9 Å². The first-order valence-corrected chi connectivity index (χ1v) is 9.32. The number of nitrogens with one attached hydrogen (secondary N) is 2. The average Bonchev–Trinajstić information content (AvgIpc) is 2.85. The highest BCUT2D eigenvalue weighted by molar-refractivity contribution is 5.97. The van der Waals surface area contributed by atoms with Crippen LogP contribution in [0.1, 0.15) is 39.7 Å². The topological polar surface area (TPSA) is 88.5 Å². The number of rotatable bonds is 3. The van der Waals surface area contributed by atoms with Gasteiger partial charge < -0.3 is 10.2 Å². The Labute approximate surface area is 161 Å². The standard InChI is InChI=1S/C20H29N5O2/c1-15(18(26)22-19(27)23-20(2,3)4)24-10-7-11-25(13-12-24)17-9-6-5-8-16(17)14-21/h5-6,8-9,15H,7,10-13H2,1-4H3,(H2,22,23,26,27)/t15-/m0/s1. The largest absolute Gasteiger partial charge is 0.369 e. The van der Waals surface area contributed by atoms with Gasteiger partial charge in [0, 0.05) is 31.7 Å². The third kappa shape index (κ3) is 5.97. The fraction of sp³-hybridized carbons (Fsp3) is 0.550. The van der Waals surface area contributed by atoms with Gasteiger partial charge in [-0.3, -0.25) is 15.0 Å². The first-order valence-electron chi connectivity index (χ1n) is 9.32. The molecule has 3 amide bonds. The summed E-state index contributed by atoms with van der Waals surface area (Å²) in [7, 11) is 0. The Bertz CT molecular complexity index is 720. The van der Waals surface area contributed by atoms with Gasteiger partial charge in [-0.05, 0) is 46.2 Å². The zero-order chi connectivity index (χ0) is 20.0. The number of amides is 3. The fourth-order valence-corrected chi connectivity index (χ4v) is 3.16. The predicted molar refractivity (Wildman–Crippen MR) is 105 cm³/mol. The number of carbonyl (C=O) groups is 2. The van der Waals surface area contributed by atoms with Gasteiger partial charge in [-0.2, -0.15) is 5.26 Å². The minimum absolute atomic E-state index is 0.303. The van der Waals surface area contributed by atoms with Crippen molar-refractivity contribution in [2.45, 2.75) is 45.7 Å². The normalized spacial score (nSPS) is 16.8. The second-order valence-electron chi connectivity index (χ2n) is 7.87. The van der Waals surface area contributed by atoms with Gasteiger partial charge in [0.1, 0.15) is 6.07 Å². The molecule has 146 valence electrons. The lowest BCUT2D eigenvalue weighted by Gasteiger charge is -2.28. The van der Waals surface area contributed by atoms with Crippen LogP contribution >= 0.6 is 0 Å². The van der Waals surface area contributed by atoms with Crippen molar-refractivity contribution in [2.75, 3.05) is 31.1 Å². The maximum atomic E-state index is 12.4. The van der Waals surface area contributed by atoms with Gasteiger partial charge in [-0.1, -0.05) is 12.1 Å². The number of carbonyl (C=O) groups excluding carboxylic acids is 2. The number of anilines is 1.